The molecule has 2 rings (SSSR count). The Bertz CT molecular complexity index is 448. The van der Waals surface area contributed by atoms with Gasteiger partial charge in [0.15, 0.2) is 0 Å². The molecule has 0 radical (unpaired) electrons. The smallest absolute Gasteiger partial charge is 0.250 e. The van der Waals surface area contributed by atoms with Crippen molar-refractivity contribution in [2.75, 3.05) is 18.2 Å². The van der Waals surface area contributed by atoms with Crippen LogP contribution in [-0.4, -0.2) is 25.2 Å². The summed E-state index contributed by atoms with van der Waals surface area (Å²) in [5.74, 6) is -0.502. The quantitative estimate of drug-likeness (QED) is 0.702. The fraction of sp³-hybridized carbons (Fsp3) is 0.462. The number of nitrogens with two attached hydrogens (primary N) is 2. The second-order valence-electron chi connectivity index (χ2n) is 4.68. The summed E-state index contributed by atoms with van der Waals surface area (Å²) < 4.78 is 5.33. The van der Waals surface area contributed by atoms with Gasteiger partial charge in [-0.15, -0.1) is 0 Å². The van der Waals surface area contributed by atoms with E-state index in [0.717, 1.165) is 24.9 Å². The summed E-state index contributed by atoms with van der Waals surface area (Å²) in [6.07, 6.45) is 3.43. The number of anilines is 2. The number of hydrogen-bond acceptors (Lipinski definition) is 4. The molecule has 98 valence electrons. The van der Waals surface area contributed by atoms with Crippen LogP contribution in [0.2, 0.25) is 0 Å². The van der Waals surface area contributed by atoms with Gasteiger partial charge in [0, 0.05) is 24.5 Å². The Kier molecular flexibility index (Phi) is 3.72. The average Bonchev–Trinajstić information content (AvgIpc) is 2.79. The molecule has 5 nitrogen and oxygen atoms in total. The van der Waals surface area contributed by atoms with E-state index in [1.54, 1.807) is 19.2 Å². The second kappa shape index (κ2) is 5.27. The third-order valence-electron chi connectivity index (χ3n) is 3.41. The highest BCUT2D eigenvalue weighted by Crippen LogP contribution is 2.26. The fourth-order valence-corrected chi connectivity index (χ4v) is 2.38. The van der Waals surface area contributed by atoms with E-state index in [4.69, 9.17) is 16.2 Å². The molecule has 1 amide bonds. The van der Waals surface area contributed by atoms with Crippen LogP contribution < -0.4 is 16.8 Å². The van der Waals surface area contributed by atoms with Crippen molar-refractivity contribution in [1.82, 2.24) is 0 Å². The number of benzene rings is 1. The van der Waals surface area contributed by atoms with Crippen LogP contribution in [0.1, 0.15) is 29.6 Å². The van der Waals surface area contributed by atoms with Crippen molar-refractivity contribution in [3.63, 3.8) is 0 Å². The molecule has 1 aliphatic carbocycles. The summed E-state index contributed by atoms with van der Waals surface area (Å²) in [6, 6.07) is 5.64. The predicted molar refractivity (Wildman–Crippen MR) is 71.4 cm³/mol. The van der Waals surface area contributed by atoms with Gasteiger partial charge in [-0.3, -0.25) is 4.79 Å². The van der Waals surface area contributed by atoms with E-state index >= 15 is 0 Å². The Labute approximate surface area is 106 Å². The molecule has 5 heteroatoms. The predicted octanol–water partition coefficient (Wildman–Crippen LogP) is 1.35. The minimum absolute atomic E-state index is 0.326. The van der Waals surface area contributed by atoms with Crippen molar-refractivity contribution >= 4 is 17.3 Å². The highest BCUT2D eigenvalue weighted by Gasteiger charge is 2.24. The third-order valence-corrected chi connectivity index (χ3v) is 3.41. The maximum Gasteiger partial charge on any atom is 0.250 e. The number of hydrogen-bond donors (Lipinski definition) is 3. The van der Waals surface area contributed by atoms with Gasteiger partial charge in [-0.1, -0.05) is 0 Å². The standard InChI is InChI=1S/C13H19N3O2/c1-18-10-4-2-8(6-10)16-9-3-5-12(14)11(7-9)13(15)17/h3,5,7-8,10,16H,2,4,6,14H2,1H3,(H2,15,17). The van der Waals surface area contributed by atoms with Crippen molar-refractivity contribution in [1.29, 1.82) is 0 Å². The molecule has 0 spiro atoms. The van der Waals surface area contributed by atoms with Crippen LogP contribution in [0.25, 0.3) is 0 Å². The molecular weight excluding hydrogens is 230 g/mol. The van der Waals surface area contributed by atoms with Crippen LogP contribution in [0.15, 0.2) is 18.2 Å². The van der Waals surface area contributed by atoms with E-state index in [1.165, 1.54) is 0 Å². The van der Waals surface area contributed by atoms with E-state index < -0.39 is 5.91 Å². The maximum absolute atomic E-state index is 11.2. The zero-order chi connectivity index (χ0) is 13.1. The van der Waals surface area contributed by atoms with Crippen molar-refractivity contribution < 1.29 is 9.53 Å². The van der Waals surface area contributed by atoms with Gasteiger partial charge >= 0.3 is 0 Å². The number of nitrogens with one attached hydrogen (secondary N) is 1. The van der Waals surface area contributed by atoms with Crippen molar-refractivity contribution in [2.24, 2.45) is 5.73 Å². The summed E-state index contributed by atoms with van der Waals surface area (Å²) >= 11 is 0. The molecule has 2 atom stereocenters. The Morgan fingerprint density at radius 3 is 2.83 bits per heavy atom. The first-order chi connectivity index (χ1) is 8.60. The summed E-state index contributed by atoms with van der Waals surface area (Å²) in [5.41, 5.74) is 12.6. The average molecular weight is 249 g/mol. The highest BCUT2D eigenvalue weighted by atomic mass is 16.5. The SMILES string of the molecule is COC1CCC(Nc2ccc(N)c(C(N)=O)c2)C1. The number of carbonyl (C=O) groups excluding carboxylic acids is 1. The molecule has 1 aromatic rings. The molecule has 5 N–H and O–H groups in total. The summed E-state index contributed by atoms with van der Waals surface area (Å²) in [4.78, 5) is 11.2. The summed E-state index contributed by atoms with van der Waals surface area (Å²) in [5, 5.41) is 3.38. The lowest BCUT2D eigenvalue weighted by atomic mass is 10.1. The number of ether oxygens (including phenoxy) is 1. The monoisotopic (exact) mass is 249 g/mol. The van der Waals surface area contributed by atoms with Crippen LogP contribution in [0.5, 0.6) is 0 Å². The largest absolute Gasteiger partial charge is 0.398 e. The van der Waals surface area contributed by atoms with Crippen LogP contribution in [0.3, 0.4) is 0 Å². The van der Waals surface area contributed by atoms with Gasteiger partial charge in [-0.25, -0.2) is 0 Å². The topological polar surface area (TPSA) is 90.4 Å². The van der Waals surface area contributed by atoms with E-state index in [0.29, 0.717) is 23.4 Å². The van der Waals surface area contributed by atoms with Crippen LogP contribution in [0, 0.1) is 0 Å². The van der Waals surface area contributed by atoms with Gasteiger partial charge in [0.2, 0.25) is 0 Å². The fourth-order valence-electron chi connectivity index (χ4n) is 2.38. The molecule has 0 aromatic heterocycles. The Morgan fingerprint density at radius 2 is 2.22 bits per heavy atom. The minimum Gasteiger partial charge on any atom is -0.398 e. The van der Waals surface area contributed by atoms with Gasteiger partial charge in [0.1, 0.15) is 0 Å². The molecule has 0 heterocycles. The number of carbonyl (C=O) groups is 1. The molecule has 1 fully saturated rings. The van der Waals surface area contributed by atoms with Gasteiger partial charge in [-0.05, 0) is 37.5 Å². The maximum atomic E-state index is 11.2. The molecule has 1 saturated carbocycles. The Morgan fingerprint density at radius 1 is 1.44 bits per heavy atom. The van der Waals surface area contributed by atoms with Gasteiger partial charge in [0.25, 0.3) is 5.91 Å². The normalized spacial score (nSPS) is 22.9. The number of methoxy groups -OCH3 is 1. The van der Waals surface area contributed by atoms with Crippen molar-refractivity contribution in [2.45, 2.75) is 31.4 Å². The van der Waals surface area contributed by atoms with Gasteiger partial charge in [0.05, 0.1) is 11.7 Å². The zero-order valence-corrected chi connectivity index (χ0v) is 10.5. The van der Waals surface area contributed by atoms with E-state index in [-0.39, 0.29) is 0 Å². The molecular formula is C13H19N3O2. The summed E-state index contributed by atoms with van der Waals surface area (Å²) in [6.45, 7) is 0. The lowest BCUT2D eigenvalue weighted by Gasteiger charge is -2.15. The molecule has 0 saturated heterocycles. The third kappa shape index (κ3) is 2.73. The molecule has 0 bridgehead atoms. The van der Waals surface area contributed by atoms with Gasteiger partial charge < -0.3 is 21.5 Å². The Hall–Kier alpha value is -1.75. The first-order valence-corrected chi connectivity index (χ1v) is 6.09. The molecule has 1 aliphatic rings. The van der Waals surface area contributed by atoms with Gasteiger partial charge in [-0.2, -0.15) is 0 Å². The first-order valence-electron chi connectivity index (χ1n) is 6.09. The number of rotatable bonds is 4. The number of amides is 1. The lowest BCUT2D eigenvalue weighted by molar-refractivity contribution is 0.100. The number of primary amides is 1. The minimum atomic E-state index is -0.502. The zero-order valence-electron chi connectivity index (χ0n) is 10.5. The molecule has 18 heavy (non-hydrogen) atoms. The molecule has 1 aromatic carbocycles. The van der Waals surface area contributed by atoms with Crippen LogP contribution in [0.4, 0.5) is 11.4 Å². The summed E-state index contributed by atoms with van der Waals surface area (Å²) in [7, 11) is 1.74. The van der Waals surface area contributed by atoms with Crippen molar-refractivity contribution in [3.05, 3.63) is 23.8 Å². The van der Waals surface area contributed by atoms with Crippen LogP contribution >= 0.6 is 0 Å². The molecule has 2 unspecified atom stereocenters. The number of nitrogen functional groups attached to an aromatic ring is 1. The van der Waals surface area contributed by atoms with Crippen LogP contribution in [-0.2, 0) is 4.74 Å². The second-order valence-corrected chi connectivity index (χ2v) is 4.68. The highest BCUT2D eigenvalue weighted by molar-refractivity contribution is 5.98. The van der Waals surface area contributed by atoms with E-state index in [9.17, 15) is 4.79 Å². The Balaban J connectivity index is 2.06. The molecule has 0 aliphatic heterocycles. The van der Waals surface area contributed by atoms with E-state index in [1.807, 2.05) is 6.07 Å². The first kappa shape index (κ1) is 12.7. The van der Waals surface area contributed by atoms with E-state index in [2.05, 4.69) is 5.32 Å². The van der Waals surface area contributed by atoms with Crippen molar-refractivity contribution in [3.8, 4) is 0 Å². The lowest BCUT2D eigenvalue weighted by Crippen LogP contribution is -2.18.